The maximum absolute atomic E-state index is 5.48. The third-order valence-corrected chi connectivity index (χ3v) is 4.23. The van der Waals surface area contributed by atoms with Gasteiger partial charge >= 0.3 is 0 Å². The average Bonchev–Trinajstić information content (AvgIpc) is 2.28. The highest BCUT2D eigenvalue weighted by Gasteiger charge is 2.28. The molecule has 0 aliphatic rings. The Labute approximate surface area is 109 Å². The zero-order valence-electron chi connectivity index (χ0n) is 8.88. The number of hydrogen-bond acceptors (Lipinski definition) is 2. The second-order valence-electron chi connectivity index (χ2n) is 3.37. The number of halogens is 2. The van der Waals surface area contributed by atoms with E-state index < -0.39 is 0 Å². The molecule has 0 spiro atoms. The molecule has 0 aromatic heterocycles. The first-order chi connectivity index (χ1) is 7.24. The van der Waals surface area contributed by atoms with Crippen molar-refractivity contribution in [3.05, 3.63) is 25.3 Å². The van der Waals surface area contributed by atoms with Crippen molar-refractivity contribution in [3.8, 4) is 0 Å². The molecule has 15 heavy (non-hydrogen) atoms. The van der Waals surface area contributed by atoms with Gasteiger partial charge in [0.25, 0.3) is 0 Å². The molecule has 0 aromatic rings. The second kappa shape index (κ2) is 9.58. The predicted molar refractivity (Wildman–Crippen MR) is 72.1 cm³/mol. The minimum atomic E-state index is -0.0218. The lowest BCUT2D eigenvalue weighted by Gasteiger charge is -2.29. The van der Waals surface area contributed by atoms with Gasteiger partial charge in [0.1, 0.15) is 0 Å². The fourth-order valence-electron chi connectivity index (χ4n) is 0.949. The van der Waals surface area contributed by atoms with E-state index in [0.29, 0.717) is 26.4 Å². The van der Waals surface area contributed by atoms with E-state index in [1.165, 1.54) is 0 Å². The molecule has 0 bridgehead atoms. The summed E-state index contributed by atoms with van der Waals surface area (Å²) in [6.45, 7) is 9.67. The van der Waals surface area contributed by atoms with Crippen LogP contribution >= 0.6 is 31.9 Å². The lowest BCUT2D eigenvalue weighted by Crippen LogP contribution is -2.36. The summed E-state index contributed by atoms with van der Waals surface area (Å²) in [4.78, 5) is 0. The van der Waals surface area contributed by atoms with Crippen molar-refractivity contribution in [3.63, 3.8) is 0 Å². The van der Waals surface area contributed by atoms with E-state index in [9.17, 15) is 0 Å². The lowest BCUT2D eigenvalue weighted by atomic mass is 9.96. The van der Waals surface area contributed by atoms with Crippen LogP contribution in [0, 0.1) is 5.41 Å². The van der Waals surface area contributed by atoms with E-state index >= 15 is 0 Å². The molecule has 0 rings (SSSR count). The van der Waals surface area contributed by atoms with Crippen molar-refractivity contribution in [2.75, 3.05) is 37.1 Å². The Morgan fingerprint density at radius 2 is 1.33 bits per heavy atom. The first kappa shape index (κ1) is 15.4. The lowest BCUT2D eigenvalue weighted by molar-refractivity contribution is 0.0193. The Morgan fingerprint density at radius 3 is 1.60 bits per heavy atom. The quantitative estimate of drug-likeness (QED) is 0.345. The van der Waals surface area contributed by atoms with Crippen molar-refractivity contribution in [1.29, 1.82) is 0 Å². The van der Waals surface area contributed by atoms with Gasteiger partial charge in [0, 0.05) is 16.1 Å². The van der Waals surface area contributed by atoms with Gasteiger partial charge in [0.05, 0.1) is 26.4 Å². The summed E-state index contributed by atoms with van der Waals surface area (Å²) in [5.41, 5.74) is -0.0218. The van der Waals surface area contributed by atoms with E-state index in [2.05, 4.69) is 45.0 Å². The fraction of sp³-hybridized carbons (Fsp3) is 0.636. The molecule has 0 N–H and O–H groups in total. The highest BCUT2D eigenvalue weighted by Crippen LogP contribution is 2.24. The minimum Gasteiger partial charge on any atom is -0.377 e. The van der Waals surface area contributed by atoms with Gasteiger partial charge in [-0.05, 0) is 0 Å². The monoisotopic (exact) mass is 340 g/mol. The molecule has 0 aliphatic carbocycles. The molecule has 2 nitrogen and oxygen atoms in total. The number of ether oxygens (including phenoxy) is 2. The van der Waals surface area contributed by atoms with Gasteiger partial charge in [0.15, 0.2) is 0 Å². The standard InChI is InChI=1S/C11H18Br2O2/c1-3-5-14-9-11(7-12,8-13)10-15-6-4-2/h3-4H,1-2,5-10H2. The van der Waals surface area contributed by atoms with Crippen LogP contribution in [0.5, 0.6) is 0 Å². The van der Waals surface area contributed by atoms with Crippen LogP contribution in [0.15, 0.2) is 25.3 Å². The van der Waals surface area contributed by atoms with Crippen LogP contribution < -0.4 is 0 Å². The van der Waals surface area contributed by atoms with Gasteiger partial charge in [-0.15, -0.1) is 13.2 Å². The summed E-state index contributed by atoms with van der Waals surface area (Å²) in [6.07, 6.45) is 3.50. The summed E-state index contributed by atoms with van der Waals surface area (Å²) >= 11 is 6.99. The van der Waals surface area contributed by atoms with Crippen LogP contribution in [0.25, 0.3) is 0 Å². The second-order valence-corrected chi connectivity index (χ2v) is 4.50. The summed E-state index contributed by atoms with van der Waals surface area (Å²) in [6, 6.07) is 0. The molecule has 0 atom stereocenters. The largest absolute Gasteiger partial charge is 0.377 e. The molecule has 0 saturated carbocycles. The van der Waals surface area contributed by atoms with Gasteiger partial charge in [-0.1, -0.05) is 44.0 Å². The van der Waals surface area contributed by atoms with E-state index in [4.69, 9.17) is 9.47 Å². The van der Waals surface area contributed by atoms with E-state index in [-0.39, 0.29) is 5.41 Å². The number of hydrogen-bond donors (Lipinski definition) is 0. The Kier molecular flexibility index (Phi) is 9.81. The van der Waals surface area contributed by atoms with Crippen LogP contribution in [-0.2, 0) is 9.47 Å². The van der Waals surface area contributed by atoms with Gasteiger partial charge in [0.2, 0.25) is 0 Å². The maximum Gasteiger partial charge on any atom is 0.0645 e. The third kappa shape index (κ3) is 6.51. The fourth-order valence-corrected chi connectivity index (χ4v) is 2.53. The zero-order valence-corrected chi connectivity index (χ0v) is 12.1. The Morgan fingerprint density at radius 1 is 0.933 bits per heavy atom. The van der Waals surface area contributed by atoms with Crippen LogP contribution in [0.3, 0.4) is 0 Å². The summed E-state index contributed by atoms with van der Waals surface area (Å²) in [7, 11) is 0. The molecular formula is C11H18Br2O2. The van der Waals surface area contributed by atoms with Gasteiger partial charge in [-0.3, -0.25) is 0 Å². The topological polar surface area (TPSA) is 18.5 Å². The van der Waals surface area contributed by atoms with E-state index in [0.717, 1.165) is 10.7 Å². The Balaban J connectivity index is 4.03. The molecule has 0 aromatic carbocycles. The normalized spacial score (nSPS) is 11.3. The Hall–Kier alpha value is 0.360. The van der Waals surface area contributed by atoms with Crippen molar-refractivity contribution in [1.82, 2.24) is 0 Å². The molecule has 0 unspecified atom stereocenters. The summed E-state index contributed by atoms with van der Waals surface area (Å²) in [5, 5.41) is 1.67. The van der Waals surface area contributed by atoms with Crippen molar-refractivity contribution in [2.45, 2.75) is 0 Å². The maximum atomic E-state index is 5.48. The predicted octanol–water partition coefficient (Wildman–Crippen LogP) is 3.17. The SMILES string of the molecule is C=CCOCC(CBr)(CBr)COCC=C. The smallest absolute Gasteiger partial charge is 0.0645 e. The molecule has 0 heterocycles. The van der Waals surface area contributed by atoms with Crippen molar-refractivity contribution >= 4 is 31.9 Å². The van der Waals surface area contributed by atoms with Gasteiger partial charge in [-0.25, -0.2) is 0 Å². The minimum absolute atomic E-state index is 0.0218. The molecule has 0 radical (unpaired) electrons. The first-order valence-corrected chi connectivity index (χ1v) is 6.98. The zero-order chi connectivity index (χ0) is 11.6. The molecule has 0 aliphatic heterocycles. The highest BCUT2D eigenvalue weighted by molar-refractivity contribution is 9.09. The Bertz CT molecular complexity index is 163. The van der Waals surface area contributed by atoms with E-state index in [1.54, 1.807) is 12.2 Å². The van der Waals surface area contributed by atoms with E-state index in [1.807, 2.05) is 0 Å². The molecule has 4 heteroatoms. The highest BCUT2D eigenvalue weighted by atomic mass is 79.9. The van der Waals surface area contributed by atoms with Crippen molar-refractivity contribution < 1.29 is 9.47 Å². The van der Waals surface area contributed by atoms with Crippen LogP contribution in [0.1, 0.15) is 0 Å². The molecule has 0 fully saturated rings. The average molecular weight is 342 g/mol. The van der Waals surface area contributed by atoms with Crippen LogP contribution in [-0.4, -0.2) is 37.1 Å². The van der Waals surface area contributed by atoms with Crippen LogP contribution in [0.2, 0.25) is 0 Å². The van der Waals surface area contributed by atoms with Crippen LogP contribution in [0.4, 0.5) is 0 Å². The summed E-state index contributed by atoms with van der Waals surface area (Å²) in [5.74, 6) is 0. The van der Waals surface area contributed by atoms with Gasteiger partial charge in [-0.2, -0.15) is 0 Å². The van der Waals surface area contributed by atoms with Crippen molar-refractivity contribution in [2.24, 2.45) is 5.41 Å². The first-order valence-electron chi connectivity index (χ1n) is 4.74. The molecule has 88 valence electrons. The summed E-state index contributed by atoms with van der Waals surface area (Å²) < 4.78 is 11.0. The molecular weight excluding hydrogens is 324 g/mol. The molecule has 0 saturated heterocycles. The number of alkyl halides is 2. The van der Waals surface area contributed by atoms with Gasteiger partial charge < -0.3 is 9.47 Å². The third-order valence-electron chi connectivity index (χ3n) is 1.85. The number of rotatable bonds is 10. The molecule has 0 amide bonds.